The monoisotopic (exact) mass is 437 g/mol. The van der Waals surface area contributed by atoms with Crippen LogP contribution in [-0.4, -0.2) is 20.0 Å². The second-order valence-electron chi connectivity index (χ2n) is 7.76. The second-order valence-corrected chi connectivity index (χ2v) is 9.68. The molecule has 3 heterocycles. The Morgan fingerprint density at radius 3 is 2.50 bits per heavy atom. The highest BCUT2D eigenvalue weighted by atomic mass is 32.1. The van der Waals surface area contributed by atoms with E-state index in [1.54, 1.807) is 36.9 Å². The molecule has 4 nitrogen and oxygen atoms in total. The molecule has 154 valence electrons. The third kappa shape index (κ3) is 3.06. The topological polar surface area (TPSA) is 47.6 Å². The number of allylic oxidation sites excluding steroid dienone is 2. The predicted molar refractivity (Wildman–Crippen MR) is 122 cm³/mol. The number of Topliss-reactive ketones (excluding diaryl/α,β-unsaturated/α-hetero) is 1. The standard InChI is InChI=1S/C24H23NO3S2/c1-13-6-8-30-24(13)22-15-11-19(27-2)20(28-3)12-16(15)25-17-9-14(10-18(26)23(17)22)21-5-4-7-29-21/h4-8,11-12,14,22,25H,9-10H2,1-3H3/t14-,22+/m0/s1. The van der Waals surface area contributed by atoms with E-state index in [-0.39, 0.29) is 17.6 Å². The van der Waals surface area contributed by atoms with E-state index in [0.717, 1.165) is 28.9 Å². The van der Waals surface area contributed by atoms with Crippen LogP contribution < -0.4 is 14.8 Å². The van der Waals surface area contributed by atoms with E-state index in [1.165, 1.54) is 15.3 Å². The van der Waals surface area contributed by atoms with Gasteiger partial charge in [-0.2, -0.15) is 0 Å². The van der Waals surface area contributed by atoms with Crippen LogP contribution in [0.3, 0.4) is 0 Å². The van der Waals surface area contributed by atoms with Gasteiger partial charge in [-0.3, -0.25) is 4.79 Å². The lowest BCUT2D eigenvalue weighted by molar-refractivity contribution is -0.116. The maximum atomic E-state index is 13.5. The first kappa shape index (κ1) is 19.4. The number of anilines is 1. The molecule has 6 heteroatoms. The van der Waals surface area contributed by atoms with Crippen molar-refractivity contribution in [1.29, 1.82) is 0 Å². The fourth-order valence-electron chi connectivity index (χ4n) is 4.62. The first-order chi connectivity index (χ1) is 14.6. The average Bonchev–Trinajstić information content (AvgIpc) is 3.43. The molecule has 0 saturated heterocycles. The van der Waals surface area contributed by atoms with E-state index in [4.69, 9.17) is 9.47 Å². The summed E-state index contributed by atoms with van der Waals surface area (Å²) in [6.45, 7) is 2.12. The van der Waals surface area contributed by atoms with Gasteiger partial charge < -0.3 is 14.8 Å². The summed E-state index contributed by atoms with van der Waals surface area (Å²) in [6, 6.07) is 10.3. The lowest BCUT2D eigenvalue weighted by Gasteiger charge is -2.36. The molecule has 0 spiro atoms. The van der Waals surface area contributed by atoms with Crippen molar-refractivity contribution in [2.75, 3.05) is 19.5 Å². The summed E-state index contributed by atoms with van der Waals surface area (Å²) in [7, 11) is 3.30. The number of ether oxygens (including phenoxy) is 2. The molecule has 0 unspecified atom stereocenters. The highest BCUT2D eigenvalue weighted by Gasteiger charge is 2.40. The maximum absolute atomic E-state index is 13.5. The summed E-state index contributed by atoms with van der Waals surface area (Å²) in [5.74, 6) is 1.76. The molecule has 2 aliphatic rings. The Balaban J connectivity index is 1.68. The van der Waals surface area contributed by atoms with Crippen molar-refractivity contribution in [3.63, 3.8) is 0 Å². The number of ketones is 1. The number of carbonyl (C=O) groups excluding carboxylic acids is 1. The molecule has 1 N–H and O–H groups in total. The van der Waals surface area contributed by atoms with Crippen LogP contribution in [0.4, 0.5) is 5.69 Å². The van der Waals surface area contributed by atoms with Gasteiger partial charge >= 0.3 is 0 Å². The number of benzene rings is 1. The minimum Gasteiger partial charge on any atom is -0.493 e. The van der Waals surface area contributed by atoms with E-state index >= 15 is 0 Å². The lowest BCUT2D eigenvalue weighted by Crippen LogP contribution is -2.29. The van der Waals surface area contributed by atoms with Gasteiger partial charge in [-0.1, -0.05) is 6.07 Å². The highest BCUT2D eigenvalue weighted by molar-refractivity contribution is 7.10. The van der Waals surface area contributed by atoms with Crippen molar-refractivity contribution in [3.8, 4) is 11.5 Å². The molecule has 0 fully saturated rings. The molecule has 0 saturated carbocycles. The van der Waals surface area contributed by atoms with E-state index in [1.807, 2.05) is 12.1 Å². The van der Waals surface area contributed by atoms with Crippen molar-refractivity contribution in [1.82, 2.24) is 0 Å². The van der Waals surface area contributed by atoms with Crippen LogP contribution in [-0.2, 0) is 4.79 Å². The first-order valence-electron chi connectivity index (χ1n) is 9.97. The molecular formula is C24H23NO3S2. The SMILES string of the molecule is COc1cc2c(cc1OC)[C@@H](c1sccc1C)C1=C(C[C@H](c3cccs3)CC1=O)N2. The largest absolute Gasteiger partial charge is 0.493 e. The Hall–Kier alpha value is -2.57. The molecule has 3 aromatic rings. The van der Waals surface area contributed by atoms with Crippen LogP contribution in [0.15, 0.2) is 52.4 Å². The van der Waals surface area contributed by atoms with Gasteiger partial charge in [0.15, 0.2) is 17.3 Å². The first-order valence-corrected chi connectivity index (χ1v) is 11.7. The summed E-state index contributed by atoms with van der Waals surface area (Å²) < 4.78 is 11.1. The minimum atomic E-state index is -0.0761. The number of carbonyl (C=O) groups is 1. The zero-order valence-corrected chi connectivity index (χ0v) is 18.8. The molecule has 2 aromatic heterocycles. The zero-order valence-electron chi connectivity index (χ0n) is 17.2. The van der Waals surface area contributed by atoms with Gasteiger partial charge in [0, 0.05) is 45.1 Å². The molecule has 0 radical (unpaired) electrons. The second kappa shape index (κ2) is 7.60. The van der Waals surface area contributed by atoms with Gasteiger partial charge in [0.25, 0.3) is 0 Å². The molecule has 0 amide bonds. The van der Waals surface area contributed by atoms with Gasteiger partial charge in [0.2, 0.25) is 0 Å². The van der Waals surface area contributed by atoms with Crippen molar-refractivity contribution in [3.05, 3.63) is 73.2 Å². The molecule has 1 aliphatic heterocycles. The normalized spacial score (nSPS) is 20.4. The number of rotatable bonds is 4. The van der Waals surface area contributed by atoms with Crippen molar-refractivity contribution in [2.45, 2.75) is 31.6 Å². The number of aryl methyl sites for hydroxylation is 1. The highest BCUT2D eigenvalue weighted by Crippen LogP contribution is 2.52. The van der Waals surface area contributed by atoms with Gasteiger partial charge in [-0.05, 0) is 53.4 Å². The Labute approximate surface area is 184 Å². The number of hydrogen-bond acceptors (Lipinski definition) is 6. The summed E-state index contributed by atoms with van der Waals surface area (Å²) in [6.07, 6.45) is 1.40. The smallest absolute Gasteiger partial charge is 0.162 e. The Morgan fingerprint density at radius 1 is 1.03 bits per heavy atom. The Kier molecular flexibility index (Phi) is 4.91. The molecule has 0 bridgehead atoms. The van der Waals surface area contributed by atoms with Crippen molar-refractivity contribution >= 4 is 34.1 Å². The van der Waals surface area contributed by atoms with Gasteiger partial charge in [0.05, 0.1) is 20.1 Å². The van der Waals surface area contributed by atoms with E-state index in [0.29, 0.717) is 17.9 Å². The Bertz CT molecular complexity index is 1140. The van der Waals surface area contributed by atoms with Crippen LogP contribution in [0.5, 0.6) is 11.5 Å². The molecule has 30 heavy (non-hydrogen) atoms. The van der Waals surface area contributed by atoms with Crippen LogP contribution >= 0.6 is 22.7 Å². The third-order valence-corrected chi connectivity index (χ3v) is 8.18. The third-order valence-electron chi connectivity index (χ3n) is 6.06. The van der Waals surface area contributed by atoms with Crippen molar-refractivity contribution in [2.24, 2.45) is 0 Å². The van der Waals surface area contributed by atoms with E-state index in [2.05, 4.69) is 41.2 Å². The summed E-state index contributed by atoms with van der Waals surface area (Å²) in [5.41, 5.74) is 5.23. The summed E-state index contributed by atoms with van der Waals surface area (Å²) >= 11 is 3.45. The number of fused-ring (bicyclic) bond motifs is 1. The van der Waals surface area contributed by atoms with E-state index in [9.17, 15) is 4.79 Å². The summed E-state index contributed by atoms with van der Waals surface area (Å²) in [4.78, 5) is 16.0. The van der Waals surface area contributed by atoms with Crippen LogP contribution in [0.2, 0.25) is 0 Å². The average molecular weight is 438 g/mol. The number of nitrogens with one attached hydrogen (secondary N) is 1. The fraction of sp³-hybridized carbons (Fsp3) is 0.292. The molecule has 1 aromatic carbocycles. The van der Waals surface area contributed by atoms with E-state index < -0.39 is 0 Å². The Morgan fingerprint density at radius 2 is 1.83 bits per heavy atom. The zero-order chi connectivity index (χ0) is 20.8. The lowest BCUT2D eigenvalue weighted by atomic mass is 9.74. The van der Waals surface area contributed by atoms with Gasteiger partial charge in [0.1, 0.15) is 0 Å². The molecule has 5 rings (SSSR count). The van der Waals surface area contributed by atoms with Crippen molar-refractivity contribution < 1.29 is 14.3 Å². The van der Waals surface area contributed by atoms with Gasteiger partial charge in [-0.25, -0.2) is 0 Å². The fourth-order valence-corrected chi connectivity index (χ4v) is 6.51. The summed E-state index contributed by atoms with van der Waals surface area (Å²) in [5, 5.41) is 7.78. The molecule has 1 aliphatic carbocycles. The van der Waals surface area contributed by atoms with Crippen LogP contribution in [0.25, 0.3) is 0 Å². The van der Waals surface area contributed by atoms with Crippen LogP contribution in [0.1, 0.15) is 45.6 Å². The molecule has 2 atom stereocenters. The minimum absolute atomic E-state index is 0.0761. The maximum Gasteiger partial charge on any atom is 0.162 e. The number of thiophene rings is 2. The van der Waals surface area contributed by atoms with Crippen LogP contribution in [0, 0.1) is 6.92 Å². The number of methoxy groups -OCH3 is 2. The van der Waals surface area contributed by atoms with Gasteiger partial charge in [-0.15, -0.1) is 22.7 Å². The molecular weight excluding hydrogens is 414 g/mol. The number of hydrogen-bond donors (Lipinski definition) is 1. The quantitative estimate of drug-likeness (QED) is 0.536. The predicted octanol–water partition coefficient (Wildman–Crippen LogP) is 6.09.